The highest BCUT2D eigenvalue weighted by molar-refractivity contribution is 5.95. The van der Waals surface area contributed by atoms with E-state index < -0.39 is 47.6 Å². The molecule has 0 aromatic rings. The maximum absolute atomic E-state index is 13.4. The molecule has 0 fully saturated rings. The molecule has 0 bridgehead atoms. The number of hydrogen-bond donors (Lipinski definition) is 1. The van der Waals surface area contributed by atoms with E-state index in [4.69, 9.17) is 15.2 Å². The lowest BCUT2D eigenvalue weighted by atomic mass is 9.99. The van der Waals surface area contributed by atoms with Crippen molar-refractivity contribution in [3.63, 3.8) is 0 Å². The van der Waals surface area contributed by atoms with Gasteiger partial charge in [0.05, 0.1) is 0 Å². The van der Waals surface area contributed by atoms with E-state index in [9.17, 15) is 18.8 Å². The molecule has 0 rings (SSSR count). The second-order valence-electron chi connectivity index (χ2n) is 7.42. The van der Waals surface area contributed by atoms with E-state index >= 15 is 0 Å². The molecule has 0 aliphatic heterocycles. The highest BCUT2D eigenvalue weighted by Crippen LogP contribution is 2.19. The van der Waals surface area contributed by atoms with Crippen LogP contribution in [0.5, 0.6) is 0 Å². The summed E-state index contributed by atoms with van der Waals surface area (Å²) in [6.07, 6.45) is -2.62. The predicted octanol–water partition coefficient (Wildman–Crippen LogP) is 2.28. The van der Waals surface area contributed by atoms with E-state index in [-0.39, 0.29) is 12.8 Å². The molecule has 0 amide bonds. The van der Waals surface area contributed by atoms with Crippen molar-refractivity contribution in [3.8, 4) is 0 Å². The zero-order valence-electron chi connectivity index (χ0n) is 14.8. The predicted molar refractivity (Wildman–Crippen MR) is 83.1 cm³/mol. The van der Waals surface area contributed by atoms with Crippen LogP contribution in [0.3, 0.4) is 0 Å². The number of carbonyl (C=O) groups is 3. The number of halogens is 1. The van der Waals surface area contributed by atoms with E-state index in [0.717, 1.165) is 0 Å². The first-order chi connectivity index (χ1) is 10.2. The summed E-state index contributed by atoms with van der Waals surface area (Å²) in [5.74, 6) is -3.12. The number of nitrogens with two attached hydrogens (primary N) is 1. The van der Waals surface area contributed by atoms with Crippen LogP contribution in [-0.2, 0) is 23.9 Å². The number of alkyl halides is 1. The molecule has 6 nitrogen and oxygen atoms in total. The molecule has 0 saturated carbocycles. The van der Waals surface area contributed by atoms with Crippen LogP contribution >= 0.6 is 0 Å². The molecule has 0 radical (unpaired) electrons. The van der Waals surface area contributed by atoms with Crippen molar-refractivity contribution in [1.82, 2.24) is 0 Å². The Labute approximate surface area is 136 Å². The van der Waals surface area contributed by atoms with Crippen LogP contribution < -0.4 is 5.73 Å². The second kappa shape index (κ2) is 8.38. The van der Waals surface area contributed by atoms with E-state index in [2.05, 4.69) is 0 Å². The van der Waals surface area contributed by atoms with E-state index in [1.807, 2.05) is 0 Å². The minimum atomic E-state index is -1.93. The van der Waals surface area contributed by atoms with Gasteiger partial charge >= 0.3 is 11.9 Å². The lowest BCUT2D eigenvalue weighted by molar-refractivity contribution is -0.162. The van der Waals surface area contributed by atoms with Crippen LogP contribution in [0.25, 0.3) is 0 Å². The van der Waals surface area contributed by atoms with Gasteiger partial charge in [0, 0.05) is 6.42 Å². The Hall–Kier alpha value is -1.50. The quantitative estimate of drug-likeness (QED) is 0.436. The molecule has 23 heavy (non-hydrogen) atoms. The van der Waals surface area contributed by atoms with E-state index in [0.29, 0.717) is 0 Å². The van der Waals surface area contributed by atoms with Crippen molar-refractivity contribution in [2.45, 2.75) is 78.3 Å². The van der Waals surface area contributed by atoms with E-state index in [1.165, 1.54) is 0 Å². The highest BCUT2D eigenvalue weighted by Gasteiger charge is 2.31. The molecule has 2 unspecified atom stereocenters. The maximum atomic E-state index is 13.4. The third-order valence-electron chi connectivity index (χ3n) is 2.59. The molecule has 0 aromatic carbocycles. The van der Waals surface area contributed by atoms with Crippen LogP contribution in [-0.4, -0.2) is 35.2 Å². The lowest BCUT2D eigenvalue weighted by Crippen LogP contribution is -2.37. The van der Waals surface area contributed by atoms with Gasteiger partial charge in [0.25, 0.3) is 0 Å². The molecule has 0 saturated heterocycles. The summed E-state index contributed by atoms with van der Waals surface area (Å²) in [6, 6.07) is 0. The fraction of sp³-hybridized carbons (Fsp3) is 0.812. The van der Waals surface area contributed by atoms with Crippen LogP contribution in [0, 0.1) is 5.92 Å². The molecule has 0 aromatic heterocycles. The number of esters is 2. The van der Waals surface area contributed by atoms with Crippen molar-refractivity contribution in [2.24, 2.45) is 11.7 Å². The molecular formula is C16H28FNO5. The van der Waals surface area contributed by atoms with Gasteiger partial charge in [0.2, 0.25) is 0 Å². The zero-order chi connectivity index (χ0) is 18.4. The molecule has 134 valence electrons. The Morgan fingerprint density at radius 3 is 1.87 bits per heavy atom. The number of ketones is 1. The van der Waals surface area contributed by atoms with Crippen LogP contribution in [0.4, 0.5) is 4.39 Å². The lowest BCUT2D eigenvalue weighted by Gasteiger charge is -2.24. The standard InChI is InChI=1S/C16H28FNO5/c1-15(2,3)22-12(20)9-10(19)7-8-11(13(17)18)14(21)23-16(4,5)6/h11,13H,7-9,18H2,1-6H3. The van der Waals surface area contributed by atoms with Gasteiger partial charge in [-0.2, -0.15) is 0 Å². The van der Waals surface area contributed by atoms with E-state index in [1.54, 1.807) is 41.5 Å². The summed E-state index contributed by atoms with van der Waals surface area (Å²) < 4.78 is 23.5. The number of hydrogen-bond acceptors (Lipinski definition) is 6. The normalized spacial score (nSPS) is 14.8. The fourth-order valence-electron chi connectivity index (χ4n) is 1.73. The summed E-state index contributed by atoms with van der Waals surface area (Å²) >= 11 is 0. The van der Waals surface area contributed by atoms with Crippen molar-refractivity contribution in [3.05, 3.63) is 0 Å². The molecule has 0 heterocycles. The number of ether oxygens (including phenoxy) is 2. The smallest absolute Gasteiger partial charge is 0.313 e. The Balaban J connectivity index is 4.50. The summed E-state index contributed by atoms with van der Waals surface area (Å²) in [4.78, 5) is 35.2. The minimum Gasteiger partial charge on any atom is -0.460 e. The zero-order valence-corrected chi connectivity index (χ0v) is 14.8. The average molecular weight is 333 g/mol. The number of rotatable bonds is 7. The largest absolute Gasteiger partial charge is 0.460 e. The minimum absolute atomic E-state index is 0.117. The maximum Gasteiger partial charge on any atom is 0.313 e. The van der Waals surface area contributed by atoms with Gasteiger partial charge in [0.1, 0.15) is 29.3 Å². The summed E-state index contributed by atoms with van der Waals surface area (Å²) in [7, 11) is 0. The summed E-state index contributed by atoms with van der Waals surface area (Å²) in [5, 5.41) is 0. The molecule has 7 heteroatoms. The first kappa shape index (κ1) is 21.5. The number of carbonyl (C=O) groups excluding carboxylic acids is 3. The van der Waals surface area contributed by atoms with Crippen LogP contribution in [0.2, 0.25) is 0 Å². The molecular weight excluding hydrogens is 305 g/mol. The van der Waals surface area contributed by atoms with Crippen molar-refractivity contribution in [1.29, 1.82) is 0 Å². The van der Waals surface area contributed by atoms with Gasteiger partial charge in [-0.05, 0) is 48.0 Å². The van der Waals surface area contributed by atoms with Gasteiger partial charge in [-0.25, -0.2) is 4.39 Å². The fourth-order valence-corrected chi connectivity index (χ4v) is 1.73. The first-order valence-corrected chi connectivity index (χ1v) is 7.57. The third kappa shape index (κ3) is 10.8. The van der Waals surface area contributed by atoms with Gasteiger partial charge < -0.3 is 15.2 Å². The van der Waals surface area contributed by atoms with Crippen molar-refractivity contribution >= 4 is 17.7 Å². The highest BCUT2D eigenvalue weighted by atomic mass is 19.1. The Kier molecular flexibility index (Phi) is 7.83. The molecule has 0 spiro atoms. The van der Waals surface area contributed by atoms with Crippen molar-refractivity contribution in [2.75, 3.05) is 0 Å². The Morgan fingerprint density at radius 2 is 1.48 bits per heavy atom. The third-order valence-corrected chi connectivity index (χ3v) is 2.59. The molecule has 2 N–H and O–H groups in total. The van der Waals surface area contributed by atoms with Crippen LogP contribution in [0.15, 0.2) is 0 Å². The second-order valence-corrected chi connectivity index (χ2v) is 7.42. The average Bonchev–Trinajstić information content (AvgIpc) is 2.22. The SMILES string of the molecule is CC(C)(C)OC(=O)CC(=O)CCC(C(=O)OC(C)(C)C)C(N)F. The summed E-state index contributed by atoms with van der Waals surface area (Å²) in [5.41, 5.74) is 3.70. The van der Waals surface area contributed by atoms with Crippen molar-refractivity contribution < 1.29 is 28.2 Å². The first-order valence-electron chi connectivity index (χ1n) is 7.57. The van der Waals surface area contributed by atoms with Crippen LogP contribution in [0.1, 0.15) is 60.8 Å². The number of Topliss-reactive ketones (excluding diaryl/α,β-unsaturated/α-hetero) is 1. The topological polar surface area (TPSA) is 95.7 Å². The monoisotopic (exact) mass is 333 g/mol. The Morgan fingerprint density at radius 1 is 1.00 bits per heavy atom. The Bertz CT molecular complexity index is 435. The molecule has 0 aliphatic rings. The van der Waals surface area contributed by atoms with Gasteiger partial charge in [-0.1, -0.05) is 0 Å². The van der Waals surface area contributed by atoms with Gasteiger partial charge in [0.15, 0.2) is 6.30 Å². The molecule has 2 atom stereocenters. The molecule has 0 aliphatic carbocycles. The van der Waals surface area contributed by atoms with Gasteiger partial charge in [-0.15, -0.1) is 0 Å². The summed E-state index contributed by atoms with van der Waals surface area (Å²) in [6.45, 7) is 10.0. The van der Waals surface area contributed by atoms with Gasteiger partial charge in [-0.3, -0.25) is 14.4 Å².